The molecule has 0 radical (unpaired) electrons. The lowest BCUT2D eigenvalue weighted by atomic mass is 9.90. The second-order valence-electron chi connectivity index (χ2n) is 37.5. The number of amides is 2. The number of ether oxygens (including phenoxy) is 1. The van der Waals surface area contributed by atoms with Crippen molar-refractivity contribution in [1.82, 2.24) is 25.3 Å². The Kier molecular flexibility index (Phi) is 65.6. The van der Waals surface area contributed by atoms with Gasteiger partial charge in [-0.1, -0.05) is 236 Å². The van der Waals surface area contributed by atoms with Crippen molar-refractivity contribution in [2.24, 2.45) is 43.3 Å². The first kappa shape index (κ1) is 121. The van der Waals surface area contributed by atoms with Gasteiger partial charge in [0.2, 0.25) is 5.78 Å². The normalized spacial score (nSPS) is 13.4. The summed E-state index contributed by atoms with van der Waals surface area (Å²) < 4.78 is 4.63. The number of nitrogens with zero attached hydrogens (tertiary/aromatic N) is 3. The van der Waals surface area contributed by atoms with E-state index in [4.69, 9.17) is 18.0 Å². The van der Waals surface area contributed by atoms with Gasteiger partial charge in [-0.3, -0.25) is 57.7 Å². The number of carbonyl (C=O) groups is 12. The van der Waals surface area contributed by atoms with Crippen molar-refractivity contribution in [1.29, 1.82) is 0 Å². The summed E-state index contributed by atoms with van der Waals surface area (Å²) in [6, 6.07) is 0. The highest BCUT2D eigenvalue weighted by atomic mass is 16.5. The Morgan fingerprint density at radius 1 is 0.398 bits per heavy atom. The first-order valence-corrected chi connectivity index (χ1v) is 39.5. The second-order valence-corrected chi connectivity index (χ2v) is 37.5. The fourth-order valence-corrected chi connectivity index (χ4v) is 6.64. The fourth-order valence-electron chi connectivity index (χ4n) is 6.64. The van der Waals surface area contributed by atoms with Crippen molar-refractivity contribution < 1.29 is 67.4 Å². The first-order chi connectivity index (χ1) is 50.9. The number of carboxylic acids is 1. The summed E-state index contributed by atoms with van der Waals surface area (Å²) in [7, 11) is 3.96. The minimum atomic E-state index is -1.09. The highest BCUT2D eigenvalue weighted by Gasteiger charge is 2.24. The fraction of sp³-hybridized carbons (Fsp3) is 0.660. The van der Waals surface area contributed by atoms with Crippen LogP contribution in [0.1, 0.15) is 287 Å². The maximum absolute atomic E-state index is 11.6. The Hall–Kier alpha value is -8.02. The highest BCUT2D eigenvalue weighted by Crippen LogP contribution is 2.21. The van der Waals surface area contributed by atoms with Gasteiger partial charge in [0, 0.05) is 92.6 Å². The van der Waals surface area contributed by atoms with E-state index in [0.717, 1.165) is 63.5 Å². The molecular formula is C94H159N5O14. The molecule has 0 aromatic carbocycles. The summed E-state index contributed by atoms with van der Waals surface area (Å²) in [5.74, 6) is 7.75. The second kappa shape index (κ2) is 61.4. The zero-order valence-electron chi connectivity index (χ0n) is 77.6. The number of terminal acetylenes is 2. The first-order valence-electron chi connectivity index (χ1n) is 39.5. The number of aliphatic carboxylic acids is 1. The molecule has 19 nitrogen and oxygen atoms in total. The number of nitrogens with one attached hydrogen (secondary N) is 2. The third-order valence-electron chi connectivity index (χ3n) is 14.1. The van der Waals surface area contributed by atoms with Crippen LogP contribution >= 0.6 is 0 Å². The van der Waals surface area contributed by atoms with Crippen LogP contribution < -0.4 is 10.6 Å². The van der Waals surface area contributed by atoms with Gasteiger partial charge in [-0.25, -0.2) is 9.59 Å². The van der Waals surface area contributed by atoms with Crippen molar-refractivity contribution in [3.05, 3.63) is 85.1 Å². The van der Waals surface area contributed by atoms with E-state index < -0.39 is 22.8 Å². The predicted molar refractivity (Wildman–Crippen MR) is 471 cm³/mol. The number of carbonyl (C=O) groups excluding carboxylic acids is 11. The molecule has 2 aliphatic heterocycles. The molecule has 2 amide bonds. The number of hydrogen-bond donors (Lipinski definition) is 3. The molecule has 0 unspecified atom stereocenters. The molecular weight excluding hydrogens is 1420 g/mol. The smallest absolute Gasteiger partial charge is 0.330 e. The van der Waals surface area contributed by atoms with Crippen LogP contribution in [0.4, 0.5) is 0 Å². The molecule has 2 fully saturated rings. The van der Waals surface area contributed by atoms with Crippen molar-refractivity contribution in [3.63, 3.8) is 0 Å². The van der Waals surface area contributed by atoms with E-state index in [-0.39, 0.29) is 102 Å². The quantitative estimate of drug-likeness (QED) is 0.0469. The molecule has 0 bridgehead atoms. The summed E-state index contributed by atoms with van der Waals surface area (Å²) in [4.78, 5) is 139. The van der Waals surface area contributed by atoms with E-state index in [1.807, 2.05) is 215 Å². The highest BCUT2D eigenvalue weighted by molar-refractivity contribution is 6.00. The molecule has 3 N–H and O–H groups in total. The SMILES string of the molecule is C#CC(=O)C(C)(C)C.C#CC(=O)NC(C)(C)C.CC(C)(C)C(=O)/C=C/C(=O)O.CC(C)(C)C(=O)/C=C/CN1CCC1.CC(C)(C)C(=O)/C=C/CN1CCCCC1.CC/C=C/C(=O)C(C)(C)C.CCC#CC(=O)NC(C)(C)C.CCC/C=C/C(=O)C(C)(C)C.CCOC(=O)/C=C/C(=O)C(C)(C)C.CN(C)C/C=C/C(=O)C(C)(C)C. The van der Waals surface area contributed by atoms with Gasteiger partial charge >= 0.3 is 11.9 Å². The molecule has 2 rings (SSSR count). The number of hydrogen-bond acceptors (Lipinski definition) is 16. The number of Topliss-reactive ketones (excluding diaryl/α,β-unsaturated/α-hetero) is 1. The molecule has 2 aliphatic rings. The monoisotopic (exact) mass is 1580 g/mol. The molecule has 0 atom stereocenters. The third-order valence-corrected chi connectivity index (χ3v) is 14.1. The van der Waals surface area contributed by atoms with Crippen molar-refractivity contribution in [2.45, 2.75) is 298 Å². The van der Waals surface area contributed by atoms with Gasteiger partial charge in [0.05, 0.1) is 6.61 Å². The number of allylic oxidation sites excluding steroid dienone is 9. The van der Waals surface area contributed by atoms with Crippen molar-refractivity contribution >= 4 is 70.0 Å². The number of piperidine rings is 1. The van der Waals surface area contributed by atoms with Crippen molar-refractivity contribution in [2.75, 3.05) is 66.5 Å². The van der Waals surface area contributed by atoms with E-state index >= 15 is 0 Å². The molecule has 644 valence electrons. The average molecular weight is 1580 g/mol. The van der Waals surface area contributed by atoms with Crippen LogP contribution in [0.5, 0.6) is 0 Å². The summed E-state index contributed by atoms with van der Waals surface area (Å²) in [6.07, 6.45) is 41.3. The maximum atomic E-state index is 11.6. The van der Waals surface area contributed by atoms with Gasteiger partial charge in [-0.2, -0.15) is 0 Å². The number of esters is 1. The van der Waals surface area contributed by atoms with Gasteiger partial charge in [-0.05, 0) is 181 Å². The van der Waals surface area contributed by atoms with Crippen molar-refractivity contribution in [3.8, 4) is 36.5 Å². The largest absolute Gasteiger partial charge is 0.478 e. The zero-order valence-corrected chi connectivity index (χ0v) is 77.6. The molecule has 2 saturated heterocycles. The van der Waals surface area contributed by atoms with Crippen LogP contribution in [-0.4, -0.2) is 167 Å². The van der Waals surface area contributed by atoms with Crippen LogP contribution in [0, 0.1) is 79.8 Å². The minimum Gasteiger partial charge on any atom is -0.478 e. The third kappa shape index (κ3) is 86.2. The van der Waals surface area contributed by atoms with Crippen LogP contribution in [-0.2, 0) is 62.3 Å². The van der Waals surface area contributed by atoms with E-state index in [1.54, 1.807) is 99.6 Å². The Morgan fingerprint density at radius 2 is 0.717 bits per heavy atom. The molecule has 19 heteroatoms. The molecule has 0 spiro atoms. The lowest BCUT2D eigenvalue weighted by Gasteiger charge is -2.29. The Morgan fingerprint density at radius 3 is 0.965 bits per heavy atom. The Balaban J connectivity index is -0.000000181. The standard InChI is InChI=1S/C13H23NO.C11H19NO.C10H19NO.C10H16O3.C10H18O.C9H15NO.C9H16O.C8H12O3.C7H11NO.C7H10O/c1-13(2,3)12(15)8-7-11-14-9-5-4-6-10-14;1-11(2,3)10(13)6-4-7-12-8-5-9-12;1-10(2,3)9(12)7-6-8-11(4)5;1-5-13-9(12)7-6-8(11)10(2,3)4;1-5-6-7-8-9(11)10(2,3)4;1-5-6-7-8(11)10-9(2,3)4;1-5-6-7-8(10)9(2,3)4;1-8(2,3)6(9)4-5-7(10)11;1-5-6(9)8-7(2,3)4;1-5-6(8)7(2,3)4/h7-8H,4-6,9-11H2,1-3H3;4,6H,5,7-9H2,1-3H3;6-7H,8H2,1-5H3;6-7H,5H2,1-4H3;7-8H,5-6H2,1-4H3;5H2,1-4H3,(H,10,11);6-7H,5H2,1-4H3;4-5H,1-3H3,(H,10,11);1H,2-4H3,(H,8,9);1H,2-4H3/b8-7+;6-4+;2*7-6+;8-7+;;7-6+;5-4+;;. The van der Waals surface area contributed by atoms with E-state index in [9.17, 15) is 57.5 Å². The van der Waals surface area contributed by atoms with Gasteiger partial charge in [0.25, 0.3) is 11.8 Å². The van der Waals surface area contributed by atoms with Gasteiger partial charge in [0.15, 0.2) is 40.5 Å². The lowest BCUT2D eigenvalue weighted by Crippen LogP contribution is -2.39. The van der Waals surface area contributed by atoms with Gasteiger partial charge in [0.1, 0.15) is 0 Å². The number of likely N-dealkylation sites (tertiary alicyclic amines) is 2. The van der Waals surface area contributed by atoms with Gasteiger partial charge in [-0.15, -0.1) is 12.8 Å². The molecule has 0 aromatic heterocycles. The number of rotatable bonds is 19. The molecule has 0 aromatic rings. The predicted octanol–water partition coefficient (Wildman–Crippen LogP) is 17.8. The molecule has 0 saturated carbocycles. The molecule has 113 heavy (non-hydrogen) atoms. The topological polar surface area (TPSA) is 268 Å². The molecule has 0 aliphatic carbocycles. The maximum Gasteiger partial charge on any atom is 0.330 e. The van der Waals surface area contributed by atoms with Gasteiger partial charge < -0.3 is 25.4 Å². The average Bonchev–Trinajstić information content (AvgIpc) is 0.720. The van der Waals surface area contributed by atoms with E-state index in [0.29, 0.717) is 6.61 Å². The van der Waals surface area contributed by atoms with Crippen LogP contribution in [0.15, 0.2) is 85.1 Å². The summed E-state index contributed by atoms with van der Waals surface area (Å²) in [5, 5.41) is 13.5. The number of likely N-dealkylation sites (N-methyl/N-ethyl adjacent to an activating group) is 1. The number of carboxylic acid groups (broad SMARTS) is 1. The Bertz CT molecular complexity index is 3220. The lowest BCUT2D eigenvalue weighted by molar-refractivity contribution is -0.137. The summed E-state index contributed by atoms with van der Waals surface area (Å²) >= 11 is 0. The number of unbranched alkanes of at least 4 members (excludes halogenated alkanes) is 1. The van der Waals surface area contributed by atoms with E-state index in [1.165, 1.54) is 57.9 Å². The summed E-state index contributed by atoms with van der Waals surface area (Å²) in [6.45, 7) is 72.0. The minimum absolute atomic E-state index is 0.0828. The zero-order chi connectivity index (χ0) is 90.8. The molecule has 2 heterocycles. The number of ketones is 8. The van der Waals surface area contributed by atoms with Crippen LogP contribution in [0.2, 0.25) is 0 Å². The van der Waals surface area contributed by atoms with Crippen LogP contribution in [0.25, 0.3) is 0 Å². The Labute approximate surface area is 688 Å². The van der Waals surface area contributed by atoms with E-state index in [2.05, 4.69) is 49.9 Å². The summed E-state index contributed by atoms with van der Waals surface area (Å²) in [5.41, 5.74) is -2.85. The van der Waals surface area contributed by atoms with Crippen LogP contribution in [0.3, 0.4) is 0 Å².